The topological polar surface area (TPSA) is 38.7 Å². The predicted molar refractivity (Wildman–Crippen MR) is 211 cm³/mol. The minimum atomic E-state index is -0.0137. The Balaban J connectivity index is 1.48. The van der Waals surface area contributed by atoms with Gasteiger partial charge in [0.1, 0.15) is 0 Å². The number of aliphatic imine (C=N–C) groups is 1. The summed E-state index contributed by atoms with van der Waals surface area (Å²) in [7, 11) is 0. The molecule has 0 fully saturated rings. The maximum atomic E-state index is 5.51. The molecule has 3 aromatic heterocycles. The van der Waals surface area contributed by atoms with Crippen molar-refractivity contribution in [3.05, 3.63) is 164 Å². The zero-order chi connectivity index (χ0) is 32.9. The Morgan fingerprint density at radius 3 is 2.00 bits per heavy atom. The highest BCUT2D eigenvalue weighted by molar-refractivity contribution is 6.21. The van der Waals surface area contributed by atoms with Crippen LogP contribution in [0.25, 0.3) is 71.3 Å². The first-order valence-electron chi connectivity index (χ1n) is 17.2. The van der Waals surface area contributed by atoms with Crippen LogP contribution in [0.4, 0.5) is 11.5 Å². The van der Waals surface area contributed by atoms with Crippen molar-refractivity contribution in [2.45, 2.75) is 12.6 Å². The van der Waals surface area contributed by atoms with Crippen LogP contribution in [0.2, 0.25) is 0 Å². The first-order chi connectivity index (χ1) is 24.8. The van der Waals surface area contributed by atoms with Crippen molar-refractivity contribution in [2.24, 2.45) is 4.99 Å². The Morgan fingerprint density at radius 2 is 1.26 bits per heavy atom. The lowest BCUT2D eigenvalue weighted by Gasteiger charge is -2.29. The summed E-state index contributed by atoms with van der Waals surface area (Å²) in [5, 5.41) is 9.91. The molecule has 0 amide bonds. The summed E-state index contributed by atoms with van der Waals surface area (Å²) < 4.78 is 7.34. The molecular weight excluding hydrogens is 611 g/mol. The zero-order valence-electron chi connectivity index (χ0n) is 27.2. The van der Waals surface area contributed by atoms with Crippen molar-refractivity contribution in [1.82, 2.24) is 13.5 Å². The molecule has 11 rings (SSSR count). The molecule has 1 atom stereocenters. The van der Waals surface area contributed by atoms with Gasteiger partial charge in [0.25, 0.3) is 0 Å². The van der Waals surface area contributed by atoms with Gasteiger partial charge < -0.3 is 18.9 Å². The quantitative estimate of drug-likeness (QED) is 0.190. The van der Waals surface area contributed by atoms with E-state index in [1.165, 1.54) is 32.6 Å². The molecule has 2 aliphatic heterocycles. The number of hydrogen-bond acceptors (Lipinski definition) is 2. The molecular formula is C45H31N5. The minimum absolute atomic E-state index is 0.0137. The van der Waals surface area contributed by atoms with Crippen LogP contribution in [0.1, 0.15) is 5.56 Å². The van der Waals surface area contributed by atoms with Crippen molar-refractivity contribution in [3.8, 4) is 5.69 Å². The molecule has 50 heavy (non-hydrogen) atoms. The Hall–Kier alpha value is -6.59. The smallest absolute Gasteiger partial charge is 0.157 e. The second-order valence-electron chi connectivity index (χ2n) is 13.3. The van der Waals surface area contributed by atoms with Crippen LogP contribution in [0.15, 0.2) is 163 Å². The molecule has 1 unspecified atom stereocenters. The van der Waals surface area contributed by atoms with Crippen molar-refractivity contribution in [2.75, 3.05) is 5.32 Å². The Morgan fingerprint density at radius 1 is 0.640 bits per heavy atom. The normalized spacial score (nSPS) is 17.8. The molecule has 236 valence electrons. The van der Waals surface area contributed by atoms with Crippen molar-refractivity contribution in [1.29, 1.82) is 0 Å². The number of hydrogen-bond donors (Lipinski definition) is 1. The first kappa shape index (κ1) is 27.4. The Bertz CT molecular complexity index is 2950. The number of aromatic nitrogens is 3. The summed E-state index contributed by atoms with van der Waals surface area (Å²) in [6, 6.07) is 37.5. The van der Waals surface area contributed by atoms with E-state index in [2.05, 4.69) is 171 Å². The number of nitrogens with zero attached hydrogens (tertiary/aromatic N) is 4. The van der Waals surface area contributed by atoms with Crippen LogP contribution in [-0.2, 0) is 6.54 Å². The van der Waals surface area contributed by atoms with Crippen LogP contribution >= 0.6 is 0 Å². The van der Waals surface area contributed by atoms with Crippen LogP contribution < -0.4 is 5.32 Å². The standard InChI is InChI=1S/C45H31N5/c1-28-15-3-2-14-26-48-44-41(28)40(49-36-22-10-4-16-29(36)30-17-5-11-23-37(30)49)27-33-31-18-6-12-24-38(31)50(43(33)44)39-25-13-7-19-32(39)42-45(48)47-35-21-9-8-20-34(35)46-42/h2-25,27,34,46H,1,26H2/b14-2-,15-3-. The third-order valence-corrected chi connectivity index (χ3v) is 10.6. The van der Waals surface area contributed by atoms with Gasteiger partial charge in [-0.25, -0.2) is 4.99 Å². The highest BCUT2D eigenvalue weighted by Gasteiger charge is 2.28. The van der Waals surface area contributed by atoms with E-state index in [1.54, 1.807) is 0 Å². The van der Waals surface area contributed by atoms with E-state index in [1.807, 2.05) is 0 Å². The van der Waals surface area contributed by atoms with Crippen molar-refractivity contribution >= 4 is 82.8 Å². The fourth-order valence-electron chi connectivity index (χ4n) is 8.50. The van der Waals surface area contributed by atoms with Gasteiger partial charge in [-0.05, 0) is 42.0 Å². The lowest BCUT2D eigenvalue weighted by molar-refractivity contribution is 0.848. The summed E-state index contributed by atoms with van der Waals surface area (Å²) in [5.74, 6) is 0.904. The maximum Gasteiger partial charge on any atom is 0.157 e. The van der Waals surface area contributed by atoms with Crippen LogP contribution in [-0.4, -0.2) is 25.3 Å². The molecule has 0 saturated heterocycles. The van der Waals surface area contributed by atoms with Gasteiger partial charge in [-0.2, -0.15) is 0 Å². The Labute approximate surface area is 288 Å². The predicted octanol–water partition coefficient (Wildman–Crippen LogP) is 11.0. The number of anilines is 1. The van der Waals surface area contributed by atoms with Crippen LogP contribution in [0, 0.1) is 0 Å². The molecule has 5 nitrogen and oxygen atoms in total. The van der Waals surface area contributed by atoms with E-state index in [9.17, 15) is 0 Å². The Kier molecular flexibility index (Phi) is 5.59. The largest absolute Gasteiger partial charge is 0.370 e. The fraction of sp³-hybridized carbons (Fsp3) is 0.0444. The van der Waals surface area contributed by atoms with Gasteiger partial charge in [-0.3, -0.25) is 0 Å². The molecule has 5 aromatic carbocycles. The van der Waals surface area contributed by atoms with Crippen molar-refractivity contribution < 1.29 is 0 Å². The molecule has 0 radical (unpaired) electrons. The molecule has 5 heteroatoms. The molecule has 0 bridgehead atoms. The average Bonchev–Trinajstić information content (AvgIpc) is 3.69. The highest BCUT2D eigenvalue weighted by atomic mass is 15.2. The SMILES string of the molecule is C=C1/C=C\C=C/Cn2c3c(c4ccccc4n4c5ccccc5c5cc(-n6c7ccccc7c7ccccc76)c1c2c54)NC1C=CC=CC1=N3. The van der Waals surface area contributed by atoms with Gasteiger partial charge in [0.15, 0.2) is 5.82 Å². The van der Waals surface area contributed by atoms with Gasteiger partial charge in [-0.1, -0.05) is 122 Å². The van der Waals surface area contributed by atoms with Gasteiger partial charge in [-0.15, -0.1) is 0 Å². The number of nitrogens with one attached hydrogen (secondary N) is 1. The van der Waals surface area contributed by atoms with Gasteiger partial charge in [0.2, 0.25) is 0 Å². The molecule has 8 aromatic rings. The third kappa shape index (κ3) is 3.63. The van der Waals surface area contributed by atoms with E-state index in [-0.39, 0.29) is 6.04 Å². The summed E-state index contributed by atoms with van der Waals surface area (Å²) in [6.45, 7) is 5.42. The number of fused-ring (bicyclic) bond motifs is 12. The van der Waals surface area contributed by atoms with Crippen LogP contribution in [0.5, 0.6) is 0 Å². The molecule has 0 spiro atoms. The molecule has 3 aliphatic rings. The first-order valence-corrected chi connectivity index (χ1v) is 17.2. The lowest BCUT2D eigenvalue weighted by atomic mass is 9.98. The number of para-hydroxylation sites is 4. The number of allylic oxidation sites excluding steroid dienone is 7. The maximum absolute atomic E-state index is 5.51. The highest BCUT2D eigenvalue weighted by Crippen LogP contribution is 2.46. The second kappa shape index (κ2) is 10.2. The fourth-order valence-corrected chi connectivity index (χ4v) is 8.50. The second-order valence-corrected chi connectivity index (χ2v) is 13.3. The monoisotopic (exact) mass is 641 g/mol. The summed E-state index contributed by atoms with van der Waals surface area (Å²) >= 11 is 0. The molecule has 5 heterocycles. The number of benzene rings is 5. The van der Waals surface area contributed by atoms with E-state index in [4.69, 9.17) is 11.6 Å². The zero-order valence-corrected chi connectivity index (χ0v) is 27.2. The molecule has 1 aliphatic carbocycles. The van der Waals surface area contributed by atoms with Crippen LogP contribution in [0.3, 0.4) is 0 Å². The van der Waals surface area contributed by atoms with E-state index in [0.717, 1.165) is 61.5 Å². The van der Waals surface area contributed by atoms with Gasteiger partial charge in [0, 0.05) is 39.0 Å². The minimum Gasteiger partial charge on any atom is -0.370 e. The summed E-state index contributed by atoms with van der Waals surface area (Å²) in [6.07, 6.45) is 17.1. The summed E-state index contributed by atoms with van der Waals surface area (Å²) in [4.78, 5) is 5.51. The average molecular weight is 642 g/mol. The van der Waals surface area contributed by atoms with E-state index in [0.29, 0.717) is 6.54 Å². The van der Waals surface area contributed by atoms with E-state index >= 15 is 0 Å². The van der Waals surface area contributed by atoms with Gasteiger partial charge in [0.05, 0.1) is 56.2 Å². The third-order valence-electron chi connectivity index (χ3n) is 10.6. The number of rotatable bonds is 1. The summed E-state index contributed by atoms with van der Waals surface area (Å²) in [5.41, 5.74) is 12.0. The van der Waals surface area contributed by atoms with Gasteiger partial charge >= 0.3 is 0 Å². The van der Waals surface area contributed by atoms with E-state index < -0.39 is 0 Å². The molecule has 0 saturated carbocycles. The molecule has 1 N–H and O–H groups in total. The van der Waals surface area contributed by atoms with Crippen molar-refractivity contribution in [3.63, 3.8) is 0 Å². The lowest BCUT2D eigenvalue weighted by Crippen LogP contribution is -2.30.